The molecule has 2 aromatic rings. The Labute approximate surface area is 215 Å². The summed E-state index contributed by atoms with van der Waals surface area (Å²) in [6.45, 7) is 9.49. The van der Waals surface area contributed by atoms with Crippen LogP contribution in [0.2, 0.25) is 0 Å². The Balaban J connectivity index is 1.32. The average Bonchev–Trinajstić information content (AvgIpc) is 2.81. The largest absolute Gasteiger partial charge is 0.493 e. The Morgan fingerprint density at radius 1 is 1.22 bits per heavy atom. The van der Waals surface area contributed by atoms with E-state index in [-0.39, 0.29) is 11.4 Å². The lowest BCUT2D eigenvalue weighted by atomic mass is 10.0. The number of carbonyl (C=O) groups excluding carboxylic acids is 1. The number of halogens is 1. The molecule has 0 amide bonds. The van der Waals surface area contributed by atoms with Crippen molar-refractivity contribution in [1.29, 1.82) is 0 Å². The highest BCUT2D eigenvalue weighted by Crippen LogP contribution is 2.27. The summed E-state index contributed by atoms with van der Waals surface area (Å²) in [5, 5.41) is 0.351. The zero-order valence-electron chi connectivity index (χ0n) is 21.3. The van der Waals surface area contributed by atoms with Gasteiger partial charge in [-0.05, 0) is 65.5 Å². The van der Waals surface area contributed by atoms with Crippen LogP contribution < -0.4 is 10.3 Å². The van der Waals surface area contributed by atoms with Gasteiger partial charge in [0.25, 0.3) is 5.56 Å². The van der Waals surface area contributed by atoms with Crippen LogP contribution in [-0.4, -0.2) is 71.1 Å². The van der Waals surface area contributed by atoms with Gasteiger partial charge in [0, 0.05) is 30.6 Å². The van der Waals surface area contributed by atoms with Gasteiger partial charge in [-0.25, -0.2) is 9.37 Å². The lowest BCUT2D eigenvalue weighted by Crippen LogP contribution is -2.40. The maximum absolute atomic E-state index is 14.7. The van der Waals surface area contributed by atoms with Gasteiger partial charge in [-0.2, -0.15) is 11.8 Å². The number of nitrogens with one attached hydrogen (secondary N) is 1. The van der Waals surface area contributed by atoms with E-state index < -0.39 is 17.0 Å². The molecule has 0 bridgehead atoms. The molecule has 8 nitrogen and oxygen atoms in total. The Kier molecular flexibility index (Phi) is 8.90. The summed E-state index contributed by atoms with van der Waals surface area (Å²) in [7, 11) is 0. The van der Waals surface area contributed by atoms with E-state index >= 15 is 0 Å². The van der Waals surface area contributed by atoms with Gasteiger partial charge >= 0.3 is 5.97 Å². The number of aromatic nitrogens is 2. The van der Waals surface area contributed by atoms with E-state index in [0.29, 0.717) is 47.2 Å². The monoisotopic (exact) mass is 521 g/mol. The number of rotatable bonds is 8. The van der Waals surface area contributed by atoms with Crippen molar-refractivity contribution in [1.82, 2.24) is 14.9 Å². The van der Waals surface area contributed by atoms with E-state index in [1.54, 1.807) is 17.8 Å². The molecule has 0 atom stereocenters. The van der Waals surface area contributed by atoms with Crippen LogP contribution in [0.25, 0.3) is 10.9 Å². The molecule has 2 aliphatic heterocycles. The number of carbonyl (C=O) groups is 1. The number of benzene rings is 1. The van der Waals surface area contributed by atoms with Crippen molar-refractivity contribution < 1.29 is 23.4 Å². The van der Waals surface area contributed by atoms with Gasteiger partial charge in [0.05, 0.1) is 24.4 Å². The first-order valence-corrected chi connectivity index (χ1v) is 13.7. The van der Waals surface area contributed by atoms with Crippen LogP contribution in [0, 0.1) is 11.7 Å². The number of piperidine rings is 1. The normalized spacial score (nSPS) is 18.4. The fourth-order valence-electron chi connectivity index (χ4n) is 4.51. The van der Waals surface area contributed by atoms with Crippen LogP contribution in [0.4, 0.5) is 4.39 Å². The summed E-state index contributed by atoms with van der Waals surface area (Å²) in [4.78, 5) is 34.0. The fraction of sp³-hybridized carbons (Fsp3) is 0.654. The number of nitrogens with zero attached hydrogens (tertiary/aromatic N) is 2. The number of likely N-dealkylation sites (tertiary alicyclic amines) is 1. The topological polar surface area (TPSA) is 93.8 Å². The van der Waals surface area contributed by atoms with Crippen LogP contribution >= 0.6 is 11.8 Å². The van der Waals surface area contributed by atoms with Gasteiger partial charge in [-0.15, -0.1) is 0 Å². The predicted octanol–water partition coefficient (Wildman–Crippen LogP) is 3.91. The number of esters is 1. The second-order valence-corrected chi connectivity index (χ2v) is 11.8. The number of fused-ring (bicyclic) bond motifs is 1. The molecule has 1 aromatic heterocycles. The van der Waals surface area contributed by atoms with Gasteiger partial charge in [-0.1, -0.05) is 0 Å². The number of H-pyrrole nitrogens is 1. The highest BCUT2D eigenvalue weighted by atomic mass is 32.2. The van der Waals surface area contributed by atoms with E-state index in [0.717, 1.165) is 52.0 Å². The van der Waals surface area contributed by atoms with Crippen LogP contribution in [0.3, 0.4) is 0 Å². The predicted molar refractivity (Wildman–Crippen MR) is 138 cm³/mol. The summed E-state index contributed by atoms with van der Waals surface area (Å²) < 4.78 is 31.3. The molecule has 198 valence electrons. The van der Waals surface area contributed by atoms with E-state index in [1.807, 2.05) is 20.8 Å². The Hall–Kier alpha value is -2.17. The maximum atomic E-state index is 14.7. The maximum Gasteiger partial charge on any atom is 0.320 e. The van der Waals surface area contributed by atoms with Crippen LogP contribution in [0.15, 0.2) is 16.9 Å². The zero-order chi connectivity index (χ0) is 25.7. The number of thioether (sulfide) groups is 1. The van der Waals surface area contributed by atoms with Crippen LogP contribution in [-0.2, 0) is 20.0 Å². The molecule has 0 aliphatic carbocycles. The first-order chi connectivity index (χ1) is 17.2. The van der Waals surface area contributed by atoms with Gasteiger partial charge in [0.2, 0.25) is 0 Å². The Bertz CT molecular complexity index is 1110. The zero-order valence-corrected chi connectivity index (χ0v) is 22.1. The fourth-order valence-corrected chi connectivity index (χ4v) is 5.59. The van der Waals surface area contributed by atoms with Crippen molar-refractivity contribution in [3.05, 3.63) is 34.1 Å². The van der Waals surface area contributed by atoms with E-state index in [2.05, 4.69) is 14.9 Å². The van der Waals surface area contributed by atoms with Crippen molar-refractivity contribution in [3.63, 3.8) is 0 Å². The van der Waals surface area contributed by atoms with Crippen molar-refractivity contribution in [2.75, 3.05) is 39.5 Å². The van der Waals surface area contributed by atoms with Gasteiger partial charge < -0.3 is 19.2 Å². The highest BCUT2D eigenvalue weighted by molar-refractivity contribution is 7.99. The molecule has 1 aromatic carbocycles. The third kappa shape index (κ3) is 7.66. The second-order valence-electron chi connectivity index (χ2n) is 10.6. The van der Waals surface area contributed by atoms with Crippen LogP contribution in [0.1, 0.15) is 52.3 Å². The number of hydrogen-bond donors (Lipinski definition) is 1. The molecule has 10 heteroatoms. The Morgan fingerprint density at radius 2 is 1.94 bits per heavy atom. The second kappa shape index (κ2) is 11.9. The Morgan fingerprint density at radius 3 is 2.64 bits per heavy atom. The summed E-state index contributed by atoms with van der Waals surface area (Å²) in [6.07, 6.45) is 3.72. The van der Waals surface area contributed by atoms with Crippen molar-refractivity contribution in [3.8, 4) is 5.75 Å². The molecule has 4 rings (SSSR count). The average molecular weight is 522 g/mol. The SMILES string of the molecule is CC(C)(C)OC(=O)CN1CCC(SCc2nc3cc(OCC4CCOCC4)cc(F)c3c(=O)[nH]2)CC1. The number of hydrogen-bond acceptors (Lipinski definition) is 8. The van der Waals surface area contributed by atoms with E-state index in [4.69, 9.17) is 14.2 Å². The molecule has 1 N–H and O–H groups in total. The molecule has 3 heterocycles. The summed E-state index contributed by atoms with van der Waals surface area (Å²) in [5.41, 5.74) is -0.643. The lowest BCUT2D eigenvalue weighted by molar-refractivity contribution is -0.156. The molecule has 0 unspecified atom stereocenters. The summed E-state index contributed by atoms with van der Waals surface area (Å²) >= 11 is 1.72. The van der Waals surface area contributed by atoms with Crippen molar-refractivity contribution in [2.24, 2.45) is 5.92 Å². The minimum Gasteiger partial charge on any atom is -0.493 e. The third-order valence-electron chi connectivity index (χ3n) is 6.37. The van der Waals surface area contributed by atoms with Gasteiger partial charge in [0.15, 0.2) is 0 Å². The lowest BCUT2D eigenvalue weighted by Gasteiger charge is -2.31. The van der Waals surface area contributed by atoms with Crippen LogP contribution in [0.5, 0.6) is 5.75 Å². The van der Waals surface area contributed by atoms with Gasteiger partial charge in [-0.3, -0.25) is 14.5 Å². The molecule has 0 saturated carbocycles. The number of aromatic amines is 1. The minimum atomic E-state index is -0.625. The standard InChI is InChI=1S/C26H36FN3O5S/c1-26(2,3)35-23(31)14-30-8-4-19(5-9-30)36-16-22-28-21-13-18(12-20(27)24(21)25(32)29-22)34-15-17-6-10-33-11-7-17/h12-13,17,19H,4-11,14-16H2,1-3H3,(H,28,29,32). The van der Waals surface area contributed by atoms with Gasteiger partial charge in [0.1, 0.15) is 28.4 Å². The molecule has 2 saturated heterocycles. The quantitative estimate of drug-likeness (QED) is 0.523. The molecular weight excluding hydrogens is 485 g/mol. The summed E-state index contributed by atoms with van der Waals surface area (Å²) in [6, 6.07) is 2.91. The highest BCUT2D eigenvalue weighted by Gasteiger charge is 2.24. The molecule has 2 fully saturated rings. The third-order valence-corrected chi connectivity index (χ3v) is 7.76. The van der Waals surface area contributed by atoms with E-state index in [9.17, 15) is 14.0 Å². The molecular formula is C26H36FN3O5S. The molecule has 2 aliphatic rings. The smallest absolute Gasteiger partial charge is 0.320 e. The van der Waals surface area contributed by atoms with Crippen molar-refractivity contribution in [2.45, 2.75) is 63.1 Å². The molecule has 0 radical (unpaired) electrons. The number of ether oxygens (including phenoxy) is 3. The van der Waals surface area contributed by atoms with E-state index in [1.165, 1.54) is 6.07 Å². The minimum absolute atomic E-state index is 0.0439. The van der Waals surface area contributed by atoms with Crippen molar-refractivity contribution >= 4 is 28.6 Å². The summed E-state index contributed by atoms with van der Waals surface area (Å²) in [5.74, 6) is 0.994. The molecule has 0 spiro atoms. The first-order valence-electron chi connectivity index (χ1n) is 12.6. The first kappa shape index (κ1) is 26.9. The molecule has 36 heavy (non-hydrogen) atoms.